The molecular formula is C12H12BrN3O5S. The van der Waals surface area contributed by atoms with Crippen LogP contribution in [0.25, 0.3) is 0 Å². The van der Waals surface area contributed by atoms with Crippen LogP contribution in [0.1, 0.15) is 12.0 Å². The molecule has 0 saturated carbocycles. The van der Waals surface area contributed by atoms with Gasteiger partial charge in [0.05, 0.1) is 33.0 Å². The van der Waals surface area contributed by atoms with Gasteiger partial charge in [0, 0.05) is 11.6 Å². The second-order valence-corrected chi connectivity index (χ2v) is 7.89. The van der Waals surface area contributed by atoms with E-state index in [4.69, 9.17) is 0 Å². The van der Waals surface area contributed by atoms with Gasteiger partial charge in [-0.2, -0.15) is 5.10 Å². The lowest BCUT2D eigenvalue weighted by molar-refractivity contribution is -0.385. The van der Waals surface area contributed by atoms with Crippen LogP contribution >= 0.6 is 15.9 Å². The second kappa shape index (κ2) is 6.53. The second-order valence-electron chi connectivity index (χ2n) is 4.80. The number of benzene rings is 1. The van der Waals surface area contributed by atoms with Crippen molar-refractivity contribution in [3.63, 3.8) is 0 Å². The third kappa shape index (κ3) is 4.10. The van der Waals surface area contributed by atoms with E-state index in [1.54, 1.807) is 6.07 Å². The first kappa shape index (κ1) is 16.6. The third-order valence-corrected chi connectivity index (χ3v) is 5.60. The number of rotatable bonds is 4. The fraction of sp³-hybridized carbons (Fsp3) is 0.333. The third-order valence-electron chi connectivity index (χ3n) is 3.16. The van der Waals surface area contributed by atoms with Crippen molar-refractivity contribution in [3.8, 4) is 0 Å². The zero-order chi connectivity index (χ0) is 16.3. The lowest BCUT2D eigenvalue weighted by Gasteiger charge is -2.04. The minimum absolute atomic E-state index is 0.00765. The lowest BCUT2D eigenvalue weighted by atomic mass is 10.1. The monoisotopic (exact) mass is 389 g/mol. The van der Waals surface area contributed by atoms with Crippen molar-refractivity contribution >= 4 is 43.6 Å². The highest BCUT2D eigenvalue weighted by atomic mass is 79.9. The molecule has 2 rings (SSSR count). The van der Waals surface area contributed by atoms with Gasteiger partial charge in [-0.1, -0.05) is 6.07 Å². The minimum atomic E-state index is -3.13. The molecule has 0 unspecified atom stereocenters. The van der Waals surface area contributed by atoms with E-state index in [0.29, 0.717) is 10.0 Å². The number of sulfone groups is 1. The quantitative estimate of drug-likeness (QED) is 0.471. The first-order valence-corrected chi connectivity index (χ1v) is 8.87. The number of carbonyl (C=O) groups excluding carboxylic acids is 1. The number of nitrogens with one attached hydrogen (secondary N) is 1. The highest BCUT2D eigenvalue weighted by Crippen LogP contribution is 2.25. The molecule has 0 spiro atoms. The largest absolute Gasteiger partial charge is 0.284 e. The number of hydrogen-bond donors (Lipinski definition) is 1. The number of hydrogen-bond acceptors (Lipinski definition) is 6. The van der Waals surface area contributed by atoms with Crippen LogP contribution in [0.2, 0.25) is 0 Å². The molecule has 8 nitrogen and oxygen atoms in total. The summed E-state index contributed by atoms with van der Waals surface area (Å²) in [5, 5.41) is 14.5. The van der Waals surface area contributed by atoms with Crippen molar-refractivity contribution in [1.82, 2.24) is 5.43 Å². The summed E-state index contributed by atoms with van der Waals surface area (Å²) in [6.45, 7) is 0. The Morgan fingerprint density at radius 2 is 2.23 bits per heavy atom. The number of nitrogens with zero attached hydrogens (tertiary/aromatic N) is 2. The van der Waals surface area contributed by atoms with Crippen LogP contribution in [-0.2, 0) is 14.6 Å². The maximum Gasteiger partial charge on any atom is 0.284 e. The van der Waals surface area contributed by atoms with E-state index in [2.05, 4.69) is 26.5 Å². The molecule has 1 aromatic carbocycles. The standard InChI is InChI=1S/C12H12BrN3O5S/c13-10-2-1-8(5-11(10)16(18)19)6-14-15-12(17)9-3-4-22(20,21)7-9/h1-2,5-6,9H,3-4,7H2,(H,15,17)/b14-6-/t9-/m1/s1. The van der Waals surface area contributed by atoms with E-state index in [1.807, 2.05) is 0 Å². The van der Waals surface area contributed by atoms with Gasteiger partial charge in [0.2, 0.25) is 5.91 Å². The zero-order valence-electron chi connectivity index (χ0n) is 11.2. The van der Waals surface area contributed by atoms with Gasteiger partial charge in [0.1, 0.15) is 0 Å². The van der Waals surface area contributed by atoms with E-state index in [9.17, 15) is 23.3 Å². The van der Waals surface area contributed by atoms with Crippen molar-refractivity contribution in [2.45, 2.75) is 6.42 Å². The highest BCUT2D eigenvalue weighted by molar-refractivity contribution is 9.10. The first-order valence-electron chi connectivity index (χ1n) is 6.26. The smallest absolute Gasteiger partial charge is 0.273 e. The number of nitro groups is 1. The number of halogens is 1. The molecule has 10 heteroatoms. The summed E-state index contributed by atoms with van der Waals surface area (Å²) in [6.07, 6.45) is 1.55. The van der Waals surface area contributed by atoms with E-state index >= 15 is 0 Å². The van der Waals surface area contributed by atoms with Crippen molar-refractivity contribution in [3.05, 3.63) is 38.3 Å². The van der Waals surface area contributed by atoms with Gasteiger partial charge >= 0.3 is 0 Å². The van der Waals surface area contributed by atoms with E-state index in [0.717, 1.165) is 0 Å². The summed E-state index contributed by atoms with van der Waals surface area (Å²) < 4.78 is 22.9. The Morgan fingerprint density at radius 3 is 2.82 bits per heavy atom. The van der Waals surface area contributed by atoms with Crippen LogP contribution in [0.15, 0.2) is 27.8 Å². The molecule has 1 aliphatic heterocycles. The summed E-state index contributed by atoms with van der Waals surface area (Å²) in [5.74, 6) is -1.23. The van der Waals surface area contributed by atoms with Gasteiger partial charge in [-0.05, 0) is 28.4 Å². The Hall–Kier alpha value is -1.81. The first-order chi connectivity index (χ1) is 10.3. The molecule has 1 atom stereocenters. The fourth-order valence-corrected chi connectivity index (χ4v) is 4.15. The zero-order valence-corrected chi connectivity index (χ0v) is 13.6. The fourth-order valence-electron chi connectivity index (χ4n) is 2.01. The van der Waals surface area contributed by atoms with Gasteiger partial charge in [0.15, 0.2) is 9.84 Å². The van der Waals surface area contributed by atoms with Crippen molar-refractivity contribution in [2.24, 2.45) is 11.0 Å². The van der Waals surface area contributed by atoms with Crippen LogP contribution in [0.4, 0.5) is 5.69 Å². The predicted octanol–water partition coefficient (Wildman–Crippen LogP) is 1.24. The van der Waals surface area contributed by atoms with Gasteiger partial charge in [-0.15, -0.1) is 0 Å². The molecule has 1 fully saturated rings. The van der Waals surface area contributed by atoms with Crippen molar-refractivity contribution < 1.29 is 18.1 Å². The molecule has 118 valence electrons. The van der Waals surface area contributed by atoms with Crippen molar-refractivity contribution in [2.75, 3.05) is 11.5 Å². The summed E-state index contributed by atoms with van der Waals surface area (Å²) in [5.41, 5.74) is 2.58. The summed E-state index contributed by atoms with van der Waals surface area (Å²) in [4.78, 5) is 22.0. The lowest BCUT2D eigenvalue weighted by Crippen LogP contribution is -2.27. The molecule has 0 aromatic heterocycles. The molecule has 1 N–H and O–H groups in total. The topological polar surface area (TPSA) is 119 Å². The minimum Gasteiger partial charge on any atom is -0.273 e. The van der Waals surface area contributed by atoms with E-state index < -0.39 is 26.6 Å². The van der Waals surface area contributed by atoms with Gasteiger partial charge in [-0.3, -0.25) is 14.9 Å². The molecule has 22 heavy (non-hydrogen) atoms. The Bertz CT molecular complexity index is 747. The average molecular weight is 390 g/mol. The Balaban J connectivity index is 2.00. The van der Waals surface area contributed by atoms with E-state index in [-0.39, 0.29) is 23.6 Å². The Kier molecular flexibility index (Phi) is 4.91. The molecule has 1 aliphatic rings. The molecule has 1 saturated heterocycles. The molecule has 1 amide bonds. The maximum absolute atomic E-state index is 11.7. The number of hydrazone groups is 1. The Labute approximate surface area is 134 Å². The molecule has 0 bridgehead atoms. The molecule has 0 radical (unpaired) electrons. The Morgan fingerprint density at radius 1 is 1.50 bits per heavy atom. The normalized spacial score (nSPS) is 20.1. The predicted molar refractivity (Wildman–Crippen MR) is 83.3 cm³/mol. The summed E-state index contributed by atoms with van der Waals surface area (Å²) >= 11 is 3.06. The van der Waals surface area contributed by atoms with E-state index in [1.165, 1.54) is 18.3 Å². The summed E-state index contributed by atoms with van der Waals surface area (Å²) in [7, 11) is -3.13. The molecule has 0 aliphatic carbocycles. The van der Waals surface area contributed by atoms with Gasteiger partial charge in [-0.25, -0.2) is 13.8 Å². The summed E-state index contributed by atoms with van der Waals surface area (Å²) in [6, 6.07) is 4.40. The van der Waals surface area contributed by atoms with Crippen molar-refractivity contribution in [1.29, 1.82) is 0 Å². The highest BCUT2D eigenvalue weighted by Gasteiger charge is 2.32. The van der Waals surface area contributed by atoms with Crippen LogP contribution in [-0.4, -0.2) is 37.0 Å². The molecule has 1 aromatic rings. The van der Waals surface area contributed by atoms with Gasteiger partial charge in [0.25, 0.3) is 5.69 Å². The molecule has 1 heterocycles. The SMILES string of the molecule is O=C(N/N=C\c1ccc(Br)c([N+](=O)[O-])c1)[C@@H]1CCS(=O)(=O)C1. The molecular weight excluding hydrogens is 378 g/mol. The van der Waals surface area contributed by atoms with Crippen LogP contribution < -0.4 is 5.43 Å². The number of amides is 1. The number of nitro benzene ring substituents is 1. The van der Waals surface area contributed by atoms with Gasteiger partial charge < -0.3 is 0 Å². The average Bonchev–Trinajstić information content (AvgIpc) is 2.80. The van der Waals surface area contributed by atoms with Crippen LogP contribution in [0.5, 0.6) is 0 Å². The number of carbonyl (C=O) groups is 1. The van der Waals surface area contributed by atoms with Crippen LogP contribution in [0.3, 0.4) is 0 Å². The maximum atomic E-state index is 11.7. The van der Waals surface area contributed by atoms with Crippen LogP contribution in [0, 0.1) is 16.0 Å².